The van der Waals surface area contributed by atoms with E-state index in [1.807, 2.05) is 13.2 Å². The molecule has 19 heavy (non-hydrogen) atoms. The highest BCUT2D eigenvalue weighted by atomic mass is 32.2. The first-order valence-corrected chi connectivity index (χ1v) is 7.07. The lowest BCUT2D eigenvalue weighted by Gasteiger charge is -2.21. The third-order valence-electron chi connectivity index (χ3n) is 2.82. The molecule has 0 amide bonds. The molecule has 1 aromatic rings. The van der Waals surface area contributed by atoms with Crippen LogP contribution in [0.3, 0.4) is 0 Å². The fourth-order valence-electron chi connectivity index (χ4n) is 1.69. The molecule has 2 unspecified atom stereocenters. The van der Waals surface area contributed by atoms with Gasteiger partial charge in [-0.3, -0.25) is 10.1 Å². The highest BCUT2D eigenvalue weighted by Crippen LogP contribution is 2.17. The largest absolute Gasteiger partial charge is 0.395 e. The maximum absolute atomic E-state index is 13.2. The number of nitrogens with zero attached hydrogens (tertiary/aromatic N) is 1. The van der Waals surface area contributed by atoms with Gasteiger partial charge in [0.25, 0.3) is 5.69 Å². The molecule has 0 saturated carbocycles. The first-order chi connectivity index (χ1) is 8.97. The normalized spacial score (nSPS) is 14.1. The third kappa shape index (κ3) is 4.77. The molecule has 0 aliphatic rings. The number of hydrogen-bond donors (Lipinski definition) is 2. The zero-order chi connectivity index (χ0) is 14.4. The van der Waals surface area contributed by atoms with E-state index in [2.05, 4.69) is 5.32 Å². The van der Waals surface area contributed by atoms with Gasteiger partial charge in [-0.1, -0.05) is 0 Å². The molecule has 7 heteroatoms. The molecular weight excluding hydrogens is 271 g/mol. The van der Waals surface area contributed by atoms with Crippen LogP contribution in [0.2, 0.25) is 0 Å². The van der Waals surface area contributed by atoms with Crippen LogP contribution < -0.4 is 5.32 Å². The van der Waals surface area contributed by atoms with E-state index in [0.717, 1.165) is 6.07 Å². The number of nitrogens with one attached hydrogen (secondary N) is 1. The van der Waals surface area contributed by atoms with Crippen LogP contribution in [0.4, 0.5) is 10.1 Å². The molecule has 0 fully saturated rings. The molecule has 0 heterocycles. The number of halogens is 1. The number of nitro benzene ring substituents is 1. The Balaban J connectivity index is 2.70. The number of non-ortho nitro benzene ring substituents is 1. The molecule has 2 atom stereocenters. The van der Waals surface area contributed by atoms with Gasteiger partial charge in [-0.05, 0) is 24.8 Å². The van der Waals surface area contributed by atoms with Crippen molar-refractivity contribution < 1.29 is 14.4 Å². The maximum Gasteiger partial charge on any atom is 0.272 e. The highest BCUT2D eigenvalue weighted by Gasteiger charge is 2.15. The third-order valence-corrected chi connectivity index (χ3v) is 3.98. The quantitative estimate of drug-likeness (QED) is 0.592. The van der Waals surface area contributed by atoms with Crippen LogP contribution in [-0.4, -0.2) is 34.2 Å². The molecule has 5 nitrogen and oxygen atoms in total. The lowest BCUT2D eigenvalue weighted by Crippen LogP contribution is -2.37. The predicted molar refractivity (Wildman–Crippen MR) is 73.7 cm³/mol. The van der Waals surface area contributed by atoms with Crippen LogP contribution in [0.5, 0.6) is 0 Å². The molecule has 1 aromatic carbocycles. The fraction of sp³-hybridized carbons (Fsp3) is 0.500. The maximum atomic E-state index is 13.2. The molecule has 1 rings (SSSR count). The lowest BCUT2D eigenvalue weighted by molar-refractivity contribution is -0.385. The van der Waals surface area contributed by atoms with Crippen molar-refractivity contribution in [1.82, 2.24) is 5.32 Å². The summed E-state index contributed by atoms with van der Waals surface area (Å²) >= 11 is 1.53. The Morgan fingerprint density at radius 3 is 2.74 bits per heavy atom. The molecule has 0 saturated heterocycles. The summed E-state index contributed by atoms with van der Waals surface area (Å²) in [6.07, 6.45) is 1.89. The van der Waals surface area contributed by atoms with E-state index < -0.39 is 10.7 Å². The van der Waals surface area contributed by atoms with Gasteiger partial charge in [-0.25, -0.2) is 4.39 Å². The SMILES string of the molecule is CSC(CO)C(C)NCc1cc(F)cc([N+](=O)[O-])c1. The molecule has 0 radical (unpaired) electrons. The van der Waals surface area contributed by atoms with Crippen LogP contribution in [0, 0.1) is 15.9 Å². The molecule has 0 aromatic heterocycles. The van der Waals surface area contributed by atoms with Crippen molar-refractivity contribution in [2.75, 3.05) is 12.9 Å². The summed E-state index contributed by atoms with van der Waals surface area (Å²) in [5.41, 5.74) is 0.254. The second-order valence-corrected chi connectivity index (χ2v) is 5.28. The average Bonchev–Trinajstić information content (AvgIpc) is 2.37. The minimum atomic E-state index is -0.623. The van der Waals surface area contributed by atoms with Crippen molar-refractivity contribution in [2.24, 2.45) is 0 Å². The molecule has 0 aliphatic carbocycles. The van der Waals surface area contributed by atoms with Gasteiger partial charge in [0, 0.05) is 23.9 Å². The number of aliphatic hydroxyl groups is 1. The van der Waals surface area contributed by atoms with Crippen molar-refractivity contribution in [3.63, 3.8) is 0 Å². The van der Waals surface area contributed by atoms with Gasteiger partial charge in [-0.2, -0.15) is 11.8 Å². The summed E-state index contributed by atoms with van der Waals surface area (Å²) in [5, 5.41) is 22.9. The Kier molecular flexibility index (Phi) is 6.20. The number of nitro groups is 1. The van der Waals surface area contributed by atoms with Crippen molar-refractivity contribution in [3.8, 4) is 0 Å². The lowest BCUT2D eigenvalue weighted by atomic mass is 10.1. The average molecular weight is 288 g/mol. The Morgan fingerprint density at radius 1 is 1.53 bits per heavy atom. The van der Waals surface area contributed by atoms with Gasteiger partial charge in [0.2, 0.25) is 0 Å². The van der Waals surface area contributed by atoms with Gasteiger partial charge >= 0.3 is 0 Å². The van der Waals surface area contributed by atoms with E-state index in [1.54, 1.807) is 0 Å². The molecule has 2 N–H and O–H groups in total. The van der Waals surface area contributed by atoms with Crippen LogP contribution in [0.25, 0.3) is 0 Å². The number of hydrogen-bond acceptors (Lipinski definition) is 5. The van der Waals surface area contributed by atoms with E-state index in [-0.39, 0.29) is 23.6 Å². The first kappa shape index (κ1) is 15.9. The van der Waals surface area contributed by atoms with Gasteiger partial charge in [0.15, 0.2) is 0 Å². The van der Waals surface area contributed by atoms with Crippen LogP contribution in [0.1, 0.15) is 12.5 Å². The van der Waals surface area contributed by atoms with E-state index in [9.17, 15) is 14.5 Å². The van der Waals surface area contributed by atoms with Gasteiger partial charge < -0.3 is 10.4 Å². The Hall–Kier alpha value is -1.18. The standard InChI is InChI=1S/C12H17FN2O3S/c1-8(12(7-16)19-2)14-6-9-3-10(13)5-11(4-9)15(17)18/h3-5,8,12,14,16H,6-7H2,1-2H3. The van der Waals surface area contributed by atoms with Crippen molar-refractivity contribution in [3.05, 3.63) is 39.7 Å². The summed E-state index contributed by atoms with van der Waals surface area (Å²) < 4.78 is 13.2. The van der Waals surface area contributed by atoms with Crippen LogP contribution in [0.15, 0.2) is 18.2 Å². The number of rotatable bonds is 7. The molecule has 0 aliphatic heterocycles. The van der Waals surface area contributed by atoms with Crippen LogP contribution >= 0.6 is 11.8 Å². The fourth-order valence-corrected chi connectivity index (χ4v) is 2.34. The minimum absolute atomic E-state index is 0.0160. The predicted octanol–water partition coefficient (Wildman–Crippen LogP) is 1.94. The second kappa shape index (κ2) is 7.42. The molecule has 0 bridgehead atoms. The van der Waals surface area contributed by atoms with Gasteiger partial charge in [-0.15, -0.1) is 0 Å². The summed E-state index contributed by atoms with van der Waals surface area (Å²) in [6, 6.07) is 3.52. The van der Waals surface area contributed by atoms with E-state index in [4.69, 9.17) is 5.11 Å². The van der Waals surface area contributed by atoms with E-state index in [1.165, 1.54) is 23.9 Å². The minimum Gasteiger partial charge on any atom is -0.395 e. The first-order valence-electron chi connectivity index (χ1n) is 5.78. The van der Waals surface area contributed by atoms with E-state index in [0.29, 0.717) is 12.1 Å². The molecule has 106 valence electrons. The Morgan fingerprint density at radius 2 is 2.21 bits per heavy atom. The monoisotopic (exact) mass is 288 g/mol. The van der Waals surface area contributed by atoms with E-state index >= 15 is 0 Å². The smallest absolute Gasteiger partial charge is 0.272 e. The van der Waals surface area contributed by atoms with Crippen LogP contribution in [-0.2, 0) is 6.54 Å². The summed E-state index contributed by atoms with van der Waals surface area (Å²) in [7, 11) is 0. The number of thioether (sulfide) groups is 1. The molecular formula is C12H17FN2O3S. The Bertz CT molecular complexity index is 441. The number of benzene rings is 1. The topological polar surface area (TPSA) is 75.4 Å². The number of aliphatic hydroxyl groups excluding tert-OH is 1. The van der Waals surface area contributed by atoms with Gasteiger partial charge in [0.05, 0.1) is 17.6 Å². The highest BCUT2D eigenvalue weighted by molar-refractivity contribution is 7.99. The van der Waals surface area contributed by atoms with Crippen molar-refractivity contribution in [1.29, 1.82) is 0 Å². The summed E-state index contributed by atoms with van der Waals surface area (Å²) in [6.45, 7) is 2.26. The Labute approximate surface area is 115 Å². The molecule has 0 spiro atoms. The summed E-state index contributed by atoms with van der Waals surface area (Å²) in [4.78, 5) is 10.0. The summed E-state index contributed by atoms with van der Waals surface area (Å²) in [5.74, 6) is -0.623. The zero-order valence-electron chi connectivity index (χ0n) is 10.8. The van der Waals surface area contributed by atoms with Crippen molar-refractivity contribution in [2.45, 2.75) is 24.8 Å². The van der Waals surface area contributed by atoms with Crippen molar-refractivity contribution >= 4 is 17.4 Å². The second-order valence-electron chi connectivity index (χ2n) is 4.20. The van der Waals surface area contributed by atoms with Gasteiger partial charge in [0.1, 0.15) is 5.82 Å². The zero-order valence-corrected chi connectivity index (χ0v) is 11.6.